The van der Waals surface area contributed by atoms with E-state index in [4.69, 9.17) is 31.2 Å². The fourth-order valence-corrected chi connectivity index (χ4v) is 4.84. The Kier molecular flexibility index (Phi) is 5.65. The van der Waals surface area contributed by atoms with Crippen LogP contribution in [0, 0.1) is 6.92 Å². The summed E-state index contributed by atoms with van der Waals surface area (Å²) in [7, 11) is 0. The average molecular weight is 497 g/mol. The normalized spacial score (nSPS) is 16.9. The van der Waals surface area contributed by atoms with E-state index in [0.717, 1.165) is 39.5 Å². The van der Waals surface area contributed by atoms with Gasteiger partial charge in [-0.1, -0.05) is 71.4 Å². The highest BCUT2D eigenvalue weighted by atomic mass is 32.1. The third-order valence-electron chi connectivity index (χ3n) is 6.47. The van der Waals surface area contributed by atoms with Crippen molar-refractivity contribution in [3.05, 3.63) is 101 Å². The number of benzene rings is 3. The Bertz CT molecular complexity index is 1460. The summed E-state index contributed by atoms with van der Waals surface area (Å²) in [6, 6.07) is 23.9. The Morgan fingerprint density at radius 1 is 0.972 bits per heavy atom. The molecule has 1 atom stereocenters. The molecule has 0 radical (unpaired) electrons. The molecule has 0 saturated carbocycles. The molecule has 0 fully saturated rings. The van der Waals surface area contributed by atoms with Crippen LogP contribution < -0.4 is 14.8 Å². The molecule has 6 rings (SSSR count). The number of fused-ring (bicyclic) bond motifs is 1. The molecule has 2 aliphatic rings. The number of hydrogen-bond acceptors (Lipinski definition) is 6. The third kappa shape index (κ3) is 4.09. The van der Waals surface area contributed by atoms with Crippen molar-refractivity contribution in [2.24, 2.45) is 0 Å². The first-order chi connectivity index (χ1) is 17.6. The lowest BCUT2D eigenvalue weighted by atomic mass is 9.94. The number of aromatic nitrogens is 2. The fourth-order valence-electron chi connectivity index (χ4n) is 4.52. The predicted molar refractivity (Wildman–Crippen MR) is 140 cm³/mol. The van der Waals surface area contributed by atoms with E-state index < -0.39 is 0 Å². The first-order valence-corrected chi connectivity index (χ1v) is 12.1. The molecule has 180 valence electrons. The van der Waals surface area contributed by atoms with Gasteiger partial charge in [0.1, 0.15) is 0 Å². The minimum atomic E-state index is -0.224. The van der Waals surface area contributed by atoms with Crippen molar-refractivity contribution in [2.45, 2.75) is 26.4 Å². The lowest BCUT2D eigenvalue weighted by molar-refractivity contribution is 0.174. The van der Waals surface area contributed by atoms with Gasteiger partial charge in [-0.3, -0.25) is 0 Å². The van der Waals surface area contributed by atoms with Crippen molar-refractivity contribution in [1.82, 2.24) is 20.4 Å². The summed E-state index contributed by atoms with van der Waals surface area (Å²) in [4.78, 5) is 6.84. The second-order valence-corrected chi connectivity index (χ2v) is 9.24. The van der Waals surface area contributed by atoms with E-state index in [1.807, 2.05) is 67.6 Å². The Morgan fingerprint density at radius 2 is 1.75 bits per heavy atom. The quantitative estimate of drug-likeness (QED) is 0.356. The molecule has 1 unspecified atom stereocenters. The van der Waals surface area contributed by atoms with Gasteiger partial charge in [-0.2, -0.15) is 4.98 Å². The van der Waals surface area contributed by atoms with E-state index in [1.165, 1.54) is 5.56 Å². The van der Waals surface area contributed by atoms with Gasteiger partial charge in [0.15, 0.2) is 16.6 Å². The average Bonchev–Trinajstić information content (AvgIpc) is 3.57. The summed E-state index contributed by atoms with van der Waals surface area (Å²) < 4.78 is 16.9. The van der Waals surface area contributed by atoms with Gasteiger partial charge in [0.25, 0.3) is 5.89 Å². The van der Waals surface area contributed by atoms with Crippen LogP contribution in [0.4, 0.5) is 0 Å². The Morgan fingerprint density at radius 3 is 2.56 bits per heavy atom. The van der Waals surface area contributed by atoms with Crippen LogP contribution in [0.2, 0.25) is 0 Å². The van der Waals surface area contributed by atoms with Crippen LogP contribution in [0.1, 0.15) is 35.5 Å². The molecular formula is C28H24N4O3S. The van der Waals surface area contributed by atoms with Gasteiger partial charge in [-0.05, 0) is 49.3 Å². The SMILES string of the molecule is CC1=C(c2nc(-c3ccc(C)cc3)no2)C(c2ccccc2)NC(=S)N1Cc1ccc2c(c1)OCO2. The van der Waals surface area contributed by atoms with Crippen LogP contribution in [-0.4, -0.2) is 26.9 Å². The number of rotatable bonds is 5. The zero-order valence-electron chi connectivity index (χ0n) is 19.9. The number of ether oxygens (including phenoxy) is 2. The molecule has 0 bridgehead atoms. The van der Waals surface area contributed by atoms with Crippen LogP contribution in [0.25, 0.3) is 17.0 Å². The largest absolute Gasteiger partial charge is 0.454 e. The molecule has 0 amide bonds. The van der Waals surface area contributed by atoms with E-state index in [-0.39, 0.29) is 12.8 Å². The monoisotopic (exact) mass is 496 g/mol. The van der Waals surface area contributed by atoms with Gasteiger partial charge in [0.05, 0.1) is 18.2 Å². The first kappa shape index (κ1) is 22.3. The molecule has 7 nitrogen and oxygen atoms in total. The third-order valence-corrected chi connectivity index (χ3v) is 6.81. The van der Waals surface area contributed by atoms with Crippen molar-refractivity contribution in [3.63, 3.8) is 0 Å². The molecule has 2 aliphatic heterocycles. The first-order valence-electron chi connectivity index (χ1n) is 11.7. The van der Waals surface area contributed by atoms with Crippen molar-refractivity contribution < 1.29 is 14.0 Å². The Balaban J connectivity index is 1.41. The molecule has 8 heteroatoms. The van der Waals surface area contributed by atoms with E-state index in [2.05, 4.69) is 34.4 Å². The van der Waals surface area contributed by atoms with E-state index >= 15 is 0 Å². The van der Waals surface area contributed by atoms with Gasteiger partial charge in [-0.25, -0.2) is 0 Å². The zero-order valence-corrected chi connectivity index (χ0v) is 20.7. The maximum Gasteiger partial charge on any atom is 0.258 e. The van der Waals surface area contributed by atoms with Crippen LogP contribution >= 0.6 is 12.2 Å². The molecule has 0 aliphatic carbocycles. The minimum absolute atomic E-state index is 0.224. The molecule has 4 aromatic rings. The highest BCUT2D eigenvalue weighted by Crippen LogP contribution is 2.39. The van der Waals surface area contributed by atoms with E-state index in [1.54, 1.807) is 0 Å². The van der Waals surface area contributed by atoms with Crippen LogP contribution in [0.3, 0.4) is 0 Å². The number of nitrogens with zero attached hydrogens (tertiary/aromatic N) is 3. The topological polar surface area (TPSA) is 72.7 Å². The van der Waals surface area contributed by atoms with Gasteiger partial charge in [0.2, 0.25) is 12.6 Å². The molecule has 3 aromatic carbocycles. The standard InChI is InChI=1S/C28H24N4O3S/c1-17-8-11-21(12-9-17)26-30-27(35-31-26)24-18(2)32(15-19-10-13-22-23(14-19)34-16-33-22)28(36)29-25(24)20-6-4-3-5-7-20/h3-14,25H,15-16H2,1-2H3,(H,29,36). The summed E-state index contributed by atoms with van der Waals surface area (Å²) in [6.45, 7) is 4.89. The lowest BCUT2D eigenvalue weighted by Crippen LogP contribution is -2.45. The lowest BCUT2D eigenvalue weighted by Gasteiger charge is -2.37. The van der Waals surface area contributed by atoms with Gasteiger partial charge >= 0.3 is 0 Å². The molecule has 0 spiro atoms. The van der Waals surface area contributed by atoms with E-state index in [9.17, 15) is 0 Å². The fraction of sp³-hybridized carbons (Fsp3) is 0.179. The van der Waals surface area contributed by atoms with Crippen molar-refractivity contribution in [2.75, 3.05) is 6.79 Å². The Hall–Kier alpha value is -4.17. The smallest absolute Gasteiger partial charge is 0.258 e. The maximum atomic E-state index is 5.84. The molecule has 1 N–H and O–H groups in total. The number of nitrogens with one attached hydrogen (secondary N) is 1. The molecule has 1 aromatic heterocycles. The second-order valence-electron chi connectivity index (χ2n) is 8.86. The zero-order chi connectivity index (χ0) is 24.6. The summed E-state index contributed by atoms with van der Waals surface area (Å²) in [5, 5.41) is 8.42. The molecule has 0 saturated heterocycles. The summed E-state index contributed by atoms with van der Waals surface area (Å²) in [5.41, 5.74) is 6.03. The minimum Gasteiger partial charge on any atom is -0.454 e. The van der Waals surface area contributed by atoms with Crippen LogP contribution in [-0.2, 0) is 6.54 Å². The predicted octanol–water partition coefficient (Wildman–Crippen LogP) is 5.64. The molecule has 3 heterocycles. The number of allylic oxidation sites excluding steroid dienone is 1. The highest BCUT2D eigenvalue weighted by molar-refractivity contribution is 7.80. The van der Waals surface area contributed by atoms with Crippen LogP contribution in [0.15, 0.2) is 83.0 Å². The van der Waals surface area contributed by atoms with Crippen molar-refractivity contribution in [1.29, 1.82) is 0 Å². The molecule has 36 heavy (non-hydrogen) atoms. The summed E-state index contributed by atoms with van der Waals surface area (Å²) in [5.74, 6) is 2.51. The summed E-state index contributed by atoms with van der Waals surface area (Å²) in [6.07, 6.45) is 0. The number of hydrogen-bond donors (Lipinski definition) is 1. The van der Waals surface area contributed by atoms with Gasteiger partial charge in [0, 0.05) is 11.3 Å². The Labute approximate surface area is 214 Å². The van der Waals surface area contributed by atoms with Crippen molar-refractivity contribution in [3.8, 4) is 22.9 Å². The maximum absolute atomic E-state index is 5.84. The number of aryl methyl sites for hydroxylation is 1. The van der Waals surface area contributed by atoms with Crippen molar-refractivity contribution >= 4 is 22.9 Å². The summed E-state index contributed by atoms with van der Waals surface area (Å²) >= 11 is 5.83. The van der Waals surface area contributed by atoms with Gasteiger partial charge in [-0.15, -0.1) is 0 Å². The molecular weight excluding hydrogens is 472 g/mol. The second kappa shape index (κ2) is 9.13. The highest BCUT2D eigenvalue weighted by Gasteiger charge is 2.34. The number of thiocarbonyl (C=S) groups is 1. The van der Waals surface area contributed by atoms with Crippen LogP contribution in [0.5, 0.6) is 11.5 Å². The van der Waals surface area contributed by atoms with Gasteiger partial charge < -0.3 is 24.2 Å². The van der Waals surface area contributed by atoms with E-state index in [0.29, 0.717) is 23.4 Å².